The van der Waals surface area contributed by atoms with Gasteiger partial charge in [-0.15, -0.1) is 0 Å². The number of furan rings is 1. The van der Waals surface area contributed by atoms with Crippen LogP contribution in [0, 0.1) is 13.8 Å². The van der Waals surface area contributed by atoms with Gasteiger partial charge in [-0.3, -0.25) is 4.90 Å². The molecule has 0 bridgehead atoms. The smallest absolute Gasteiger partial charge is 0.203 e. The first-order chi connectivity index (χ1) is 15.9. The van der Waals surface area contributed by atoms with Gasteiger partial charge in [-0.2, -0.15) is 0 Å². The molecule has 0 saturated heterocycles. The molecule has 3 aromatic rings. The summed E-state index contributed by atoms with van der Waals surface area (Å²) in [5.74, 6) is 3.31. The van der Waals surface area contributed by atoms with Gasteiger partial charge in [0.1, 0.15) is 24.2 Å². The summed E-state index contributed by atoms with van der Waals surface area (Å²) in [4.78, 5) is 2.09. The molecule has 1 N–H and O–H groups in total. The SMILES string of the molecule is COc1cc(CN(Cc2ccco2)CC(O)COc2ccc(C)cc2C)cc(OC)c1OC. The second-order valence-corrected chi connectivity index (χ2v) is 8.02. The number of ether oxygens (including phenoxy) is 4. The first-order valence-electron chi connectivity index (χ1n) is 10.8. The molecule has 0 aliphatic carbocycles. The van der Waals surface area contributed by atoms with Crippen LogP contribution in [0.15, 0.2) is 53.1 Å². The number of hydrogen-bond acceptors (Lipinski definition) is 7. The predicted octanol–water partition coefficient (Wildman–Crippen LogP) is 4.36. The van der Waals surface area contributed by atoms with Crippen molar-refractivity contribution in [3.63, 3.8) is 0 Å². The van der Waals surface area contributed by atoms with Crippen molar-refractivity contribution in [2.45, 2.75) is 33.0 Å². The Labute approximate surface area is 195 Å². The predicted molar refractivity (Wildman–Crippen MR) is 126 cm³/mol. The van der Waals surface area contributed by atoms with E-state index in [2.05, 4.69) is 11.0 Å². The average molecular weight is 456 g/mol. The molecular weight excluding hydrogens is 422 g/mol. The lowest BCUT2D eigenvalue weighted by Crippen LogP contribution is -2.35. The van der Waals surface area contributed by atoms with Gasteiger partial charge >= 0.3 is 0 Å². The molecule has 0 amide bonds. The van der Waals surface area contributed by atoms with E-state index in [1.54, 1.807) is 27.6 Å². The Balaban J connectivity index is 1.73. The van der Waals surface area contributed by atoms with Gasteiger partial charge in [0.2, 0.25) is 5.75 Å². The van der Waals surface area contributed by atoms with Crippen molar-refractivity contribution in [2.75, 3.05) is 34.5 Å². The molecule has 0 saturated carbocycles. The highest BCUT2D eigenvalue weighted by molar-refractivity contribution is 5.53. The second kappa shape index (κ2) is 11.6. The van der Waals surface area contributed by atoms with E-state index < -0.39 is 6.10 Å². The third-order valence-electron chi connectivity index (χ3n) is 5.32. The minimum Gasteiger partial charge on any atom is -0.493 e. The number of rotatable bonds is 12. The summed E-state index contributed by atoms with van der Waals surface area (Å²) in [5.41, 5.74) is 3.18. The third kappa shape index (κ3) is 6.66. The monoisotopic (exact) mass is 455 g/mol. The zero-order valence-corrected chi connectivity index (χ0v) is 20.0. The molecule has 33 heavy (non-hydrogen) atoms. The zero-order valence-electron chi connectivity index (χ0n) is 20.0. The van der Waals surface area contributed by atoms with Crippen molar-refractivity contribution in [3.8, 4) is 23.0 Å². The van der Waals surface area contributed by atoms with E-state index in [0.717, 1.165) is 22.6 Å². The van der Waals surface area contributed by atoms with Crippen molar-refractivity contribution in [1.29, 1.82) is 0 Å². The highest BCUT2D eigenvalue weighted by Crippen LogP contribution is 2.38. The van der Waals surface area contributed by atoms with Crippen molar-refractivity contribution in [1.82, 2.24) is 4.90 Å². The molecule has 1 aromatic heterocycles. The number of benzene rings is 2. The fraction of sp³-hybridized carbons (Fsp3) is 0.385. The Morgan fingerprint density at radius 3 is 2.21 bits per heavy atom. The maximum atomic E-state index is 10.8. The Hall–Kier alpha value is -3.16. The molecule has 1 heterocycles. The average Bonchev–Trinajstić information content (AvgIpc) is 3.30. The fourth-order valence-electron chi connectivity index (χ4n) is 3.79. The standard InChI is InChI=1S/C26H33NO6/c1-18-8-9-23(19(2)11-18)33-17-21(28)15-27(16-22-7-6-10-32-22)14-20-12-24(29-3)26(31-5)25(13-20)30-4/h6-13,21,28H,14-17H2,1-5H3. The zero-order chi connectivity index (χ0) is 23.8. The van der Waals surface area contributed by atoms with Crippen molar-refractivity contribution >= 4 is 0 Å². The molecule has 3 rings (SSSR count). The van der Waals surface area contributed by atoms with Gasteiger partial charge < -0.3 is 28.5 Å². The maximum Gasteiger partial charge on any atom is 0.203 e. The van der Waals surface area contributed by atoms with Crippen LogP contribution in [-0.4, -0.2) is 50.6 Å². The maximum absolute atomic E-state index is 10.8. The molecular formula is C26H33NO6. The number of aliphatic hydroxyl groups is 1. The molecule has 7 nitrogen and oxygen atoms in total. The Bertz CT molecular complexity index is 993. The van der Waals surface area contributed by atoms with Crippen molar-refractivity contribution < 1.29 is 28.5 Å². The highest BCUT2D eigenvalue weighted by Gasteiger charge is 2.19. The van der Waals surface area contributed by atoms with E-state index in [1.165, 1.54) is 5.56 Å². The van der Waals surface area contributed by atoms with Crippen LogP contribution in [0.25, 0.3) is 0 Å². The van der Waals surface area contributed by atoms with Gasteiger partial charge in [0.15, 0.2) is 11.5 Å². The van der Waals surface area contributed by atoms with E-state index in [1.807, 2.05) is 50.2 Å². The topological polar surface area (TPSA) is 73.5 Å². The molecule has 0 aliphatic heterocycles. The molecule has 0 spiro atoms. The van der Waals surface area contributed by atoms with Gasteiger partial charge in [-0.05, 0) is 55.3 Å². The minimum atomic E-state index is -0.692. The van der Waals surface area contributed by atoms with Gasteiger partial charge in [0.05, 0.1) is 34.1 Å². The third-order valence-corrected chi connectivity index (χ3v) is 5.32. The second-order valence-electron chi connectivity index (χ2n) is 8.02. The van der Waals surface area contributed by atoms with Crippen LogP contribution in [0.1, 0.15) is 22.5 Å². The van der Waals surface area contributed by atoms with Crippen LogP contribution in [0.5, 0.6) is 23.0 Å². The fourth-order valence-corrected chi connectivity index (χ4v) is 3.79. The molecule has 1 atom stereocenters. The molecule has 7 heteroatoms. The highest BCUT2D eigenvalue weighted by atomic mass is 16.5. The summed E-state index contributed by atoms with van der Waals surface area (Å²) in [6.45, 7) is 5.70. The van der Waals surface area contributed by atoms with E-state index >= 15 is 0 Å². The number of nitrogens with zero attached hydrogens (tertiary/aromatic N) is 1. The minimum absolute atomic E-state index is 0.188. The van der Waals surface area contributed by atoms with Gasteiger partial charge in [-0.25, -0.2) is 0 Å². The lowest BCUT2D eigenvalue weighted by atomic mass is 10.1. The summed E-state index contributed by atoms with van der Waals surface area (Å²) >= 11 is 0. The van der Waals surface area contributed by atoms with Crippen LogP contribution in [0.2, 0.25) is 0 Å². The quantitative estimate of drug-likeness (QED) is 0.435. The van der Waals surface area contributed by atoms with Gasteiger partial charge in [0, 0.05) is 13.1 Å². The lowest BCUT2D eigenvalue weighted by Gasteiger charge is -2.25. The van der Waals surface area contributed by atoms with Crippen molar-refractivity contribution in [2.24, 2.45) is 0 Å². The van der Waals surface area contributed by atoms with E-state index in [-0.39, 0.29) is 6.61 Å². The van der Waals surface area contributed by atoms with Crippen LogP contribution in [0.4, 0.5) is 0 Å². The molecule has 0 radical (unpaired) electrons. The molecule has 0 aliphatic rings. The number of methoxy groups -OCH3 is 3. The largest absolute Gasteiger partial charge is 0.493 e. The van der Waals surface area contributed by atoms with Crippen LogP contribution < -0.4 is 18.9 Å². The first kappa shape index (κ1) is 24.5. The van der Waals surface area contributed by atoms with Crippen molar-refractivity contribution in [3.05, 3.63) is 71.2 Å². The number of aryl methyl sites for hydroxylation is 2. The van der Waals surface area contributed by atoms with Gasteiger partial charge in [-0.1, -0.05) is 17.7 Å². The summed E-state index contributed by atoms with van der Waals surface area (Å²) in [7, 11) is 4.76. The molecule has 0 fully saturated rings. The van der Waals surface area contributed by atoms with E-state index in [0.29, 0.717) is 36.9 Å². The van der Waals surface area contributed by atoms with Crippen LogP contribution in [0.3, 0.4) is 0 Å². The first-order valence-corrected chi connectivity index (χ1v) is 10.8. The molecule has 1 unspecified atom stereocenters. The normalized spacial score (nSPS) is 12.0. The van der Waals surface area contributed by atoms with E-state index in [4.69, 9.17) is 23.4 Å². The number of aliphatic hydroxyl groups excluding tert-OH is 1. The molecule has 178 valence electrons. The molecule has 2 aromatic carbocycles. The summed E-state index contributed by atoms with van der Waals surface area (Å²) in [5, 5.41) is 10.8. The Kier molecular flexibility index (Phi) is 8.63. The number of hydrogen-bond donors (Lipinski definition) is 1. The summed E-state index contributed by atoms with van der Waals surface area (Å²) in [6, 6.07) is 13.6. The van der Waals surface area contributed by atoms with E-state index in [9.17, 15) is 5.11 Å². The lowest BCUT2D eigenvalue weighted by molar-refractivity contribution is 0.0602. The summed E-state index contributed by atoms with van der Waals surface area (Å²) in [6.07, 6.45) is 0.954. The van der Waals surface area contributed by atoms with Crippen LogP contribution >= 0.6 is 0 Å². The summed E-state index contributed by atoms with van der Waals surface area (Å²) < 4.78 is 27.8. The van der Waals surface area contributed by atoms with Crippen LogP contribution in [-0.2, 0) is 13.1 Å². The Morgan fingerprint density at radius 2 is 1.64 bits per heavy atom. The Morgan fingerprint density at radius 1 is 0.909 bits per heavy atom. The van der Waals surface area contributed by atoms with Gasteiger partial charge in [0.25, 0.3) is 0 Å².